The third-order valence-corrected chi connectivity index (χ3v) is 2.32. The summed E-state index contributed by atoms with van der Waals surface area (Å²) < 4.78 is 1.65. The van der Waals surface area contributed by atoms with E-state index in [0.29, 0.717) is 10.9 Å². The molecule has 0 saturated carbocycles. The monoisotopic (exact) mass is 211 g/mol. The highest BCUT2D eigenvalue weighted by Gasteiger charge is 2.19. The molecule has 0 aromatic carbocycles. The number of nitrogens with zero attached hydrogens (tertiary/aromatic N) is 3. The Kier molecular flexibility index (Phi) is 1.89. The zero-order valence-electron chi connectivity index (χ0n) is 7.27. The lowest BCUT2D eigenvalue weighted by Crippen LogP contribution is -1.86. The Morgan fingerprint density at radius 3 is 3.00 bits per heavy atom. The zero-order chi connectivity index (χ0) is 10.3. The minimum atomic E-state index is -0.462. The standard InChI is InChI=1S/C8H6ClN3O2/c1-11-4-6(12(13)14)7-5(11)2-3-10-8(7)9/h2-4H,1H3. The Morgan fingerprint density at radius 2 is 2.36 bits per heavy atom. The number of rotatable bonds is 1. The van der Waals surface area contributed by atoms with Crippen LogP contribution < -0.4 is 0 Å². The molecule has 0 aliphatic rings. The second kappa shape index (κ2) is 2.95. The van der Waals surface area contributed by atoms with Crippen LogP contribution in [0.5, 0.6) is 0 Å². The summed E-state index contributed by atoms with van der Waals surface area (Å²) in [5.74, 6) is 0. The molecule has 0 spiro atoms. The third kappa shape index (κ3) is 1.13. The fourth-order valence-corrected chi connectivity index (χ4v) is 1.66. The van der Waals surface area contributed by atoms with Crippen LogP contribution >= 0.6 is 11.6 Å². The lowest BCUT2D eigenvalue weighted by molar-refractivity contribution is -0.383. The maximum Gasteiger partial charge on any atom is 0.297 e. The fraction of sp³-hybridized carbons (Fsp3) is 0.125. The molecular formula is C8H6ClN3O2. The lowest BCUT2D eigenvalue weighted by Gasteiger charge is -1.94. The van der Waals surface area contributed by atoms with Gasteiger partial charge in [0.05, 0.1) is 16.6 Å². The zero-order valence-corrected chi connectivity index (χ0v) is 8.02. The third-order valence-electron chi connectivity index (χ3n) is 2.03. The molecule has 5 nitrogen and oxygen atoms in total. The summed E-state index contributed by atoms with van der Waals surface area (Å²) in [5.41, 5.74) is 0.692. The molecule has 14 heavy (non-hydrogen) atoms. The van der Waals surface area contributed by atoms with Gasteiger partial charge in [-0.1, -0.05) is 11.6 Å². The first-order valence-electron chi connectivity index (χ1n) is 3.85. The van der Waals surface area contributed by atoms with Crippen molar-refractivity contribution in [3.63, 3.8) is 0 Å². The van der Waals surface area contributed by atoms with E-state index in [1.165, 1.54) is 12.4 Å². The Balaban J connectivity index is 2.93. The summed E-state index contributed by atoms with van der Waals surface area (Å²) in [4.78, 5) is 14.0. The van der Waals surface area contributed by atoms with Crippen molar-refractivity contribution < 1.29 is 4.92 Å². The first-order valence-corrected chi connectivity index (χ1v) is 4.23. The van der Waals surface area contributed by atoms with E-state index in [4.69, 9.17) is 11.6 Å². The number of hydrogen-bond acceptors (Lipinski definition) is 3. The Bertz CT molecular complexity index is 521. The quantitative estimate of drug-likeness (QED) is 0.412. The maximum absolute atomic E-state index is 10.7. The minimum Gasteiger partial charge on any atom is -0.344 e. The van der Waals surface area contributed by atoms with E-state index in [2.05, 4.69) is 4.98 Å². The van der Waals surface area contributed by atoms with Gasteiger partial charge >= 0.3 is 0 Å². The molecule has 0 fully saturated rings. The summed E-state index contributed by atoms with van der Waals surface area (Å²) in [6.07, 6.45) is 2.95. The first kappa shape index (κ1) is 8.96. The van der Waals surface area contributed by atoms with Gasteiger partial charge in [0.2, 0.25) is 0 Å². The Labute approximate surface area is 84.1 Å². The maximum atomic E-state index is 10.7. The highest BCUT2D eigenvalue weighted by molar-refractivity contribution is 6.35. The van der Waals surface area contributed by atoms with Gasteiger partial charge in [-0.3, -0.25) is 10.1 Å². The summed E-state index contributed by atoms with van der Waals surface area (Å²) in [6, 6.07) is 1.69. The Hall–Kier alpha value is -1.62. The number of nitro groups is 1. The van der Waals surface area contributed by atoms with Crippen LogP contribution in [0, 0.1) is 10.1 Å². The fourth-order valence-electron chi connectivity index (χ4n) is 1.41. The van der Waals surface area contributed by atoms with E-state index in [1.54, 1.807) is 17.7 Å². The van der Waals surface area contributed by atoms with E-state index in [-0.39, 0.29) is 10.8 Å². The van der Waals surface area contributed by atoms with Crippen molar-refractivity contribution in [2.75, 3.05) is 0 Å². The highest BCUT2D eigenvalue weighted by Crippen LogP contribution is 2.31. The highest BCUT2D eigenvalue weighted by atomic mass is 35.5. The van der Waals surface area contributed by atoms with Gasteiger partial charge in [-0.15, -0.1) is 0 Å². The molecule has 0 aliphatic heterocycles. The van der Waals surface area contributed by atoms with Crippen LogP contribution in [0.4, 0.5) is 5.69 Å². The number of fused-ring (bicyclic) bond motifs is 1. The molecule has 2 aromatic rings. The number of halogens is 1. The molecule has 0 atom stereocenters. The van der Waals surface area contributed by atoms with Gasteiger partial charge in [0.15, 0.2) is 0 Å². The van der Waals surface area contributed by atoms with Crippen LogP contribution in [0.3, 0.4) is 0 Å². The molecule has 2 rings (SSSR count). The number of aryl methyl sites for hydroxylation is 1. The van der Waals surface area contributed by atoms with Crippen molar-refractivity contribution in [1.29, 1.82) is 0 Å². The van der Waals surface area contributed by atoms with Crippen molar-refractivity contribution in [2.24, 2.45) is 7.05 Å². The van der Waals surface area contributed by atoms with E-state index >= 15 is 0 Å². The molecule has 2 aromatic heterocycles. The summed E-state index contributed by atoms with van der Waals surface area (Å²) in [5, 5.41) is 11.2. The van der Waals surface area contributed by atoms with Crippen LogP contribution in [0.25, 0.3) is 10.9 Å². The lowest BCUT2D eigenvalue weighted by atomic mass is 10.3. The molecule has 0 radical (unpaired) electrons. The van der Waals surface area contributed by atoms with Crippen molar-refractivity contribution in [2.45, 2.75) is 0 Å². The molecule has 2 heterocycles. The van der Waals surface area contributed by atoms with Gasteiger partial charge in [-0.25, -0.2) is 4.98 Å². The van der Waals surface area contributed by atoms with Crippen molar-refractivity contribution in [1.82, 2.24) is 9.55 Å². The summed E-state index contributed by atoms with van der Waals surface area (Å²) in [7, 11) is 1.73. The predicted molar refractivity (Wildman–Crippen MR) is 52.4 cm³/mol. The molecular weight excluding hydrogens is 206 g/mol. The smallest absolute Gasteiger partial charge is 0.297 e. The molecule has 0 unspecified atom stereocenters. The second-order valence-corrected chi connectivity index (χ2v) is 3.24. The molecule has 0 amide bonds. The summed E-state index contributed by atoms with van der Waals surface area (Å²) >= 11 is 5.79. The number of aromatic nitrogens is 2. The average molecular weight is 212 g/mol. The molecule has 6 heteroatoms. The second-order valence-electron chi connectivity index (χ2n) is 2.88. The summed E-state index contributed by atoms with van der Waals surface area (Å²) in [6.45, 7) is 0. The van der Waals surface area contributed by atoms with Crippen LogP contribution in [0.15, 0.2) is 18.5 Å². The normalized spacial score (nSPS) is 10.7. The minimum absolute atomic E-state index is 0.0133. The van der Waals surface area contributed by atoms with E-state index in [1.807, 2.05) is 0 Å². The van der Waals surface area contributed by atoms with Gasteiger partial charge in [0.1, 0.15) is 10.5 Å². The Morgan fingerprint density at radius 1 is 1.64 bits per heavy atom. The molecule has 0 N–H and O–H groups in total. The number of pyridine rings is 1. The van der Waals surface area contributed by atoms with Gasteiger partial charge < -0.3 is 4.57 Å². The van der Waals surface area contributed by atoms with Crippen LogP contribution in [-0.2, 0) is 7.05 Å². The van der Waals surface area contributed by atoms with E-state index in [0.717, 1.165) is 0 Å². The van der Waals surface area contributed by atoms with E-state index < -0.39 is 4.92 Å². The molecule has 0 bridgehead atoms. The van der Waals surface area contributed by atoms with Crippen molar-refractivity contribution in [3.8, 4) is 0 Å². The van der Waals surface area contributed by atoms with Crippen molar-refractivity contribution in [3.05, 3.63) is 33.7 Å². The molecule has 0 saturated heterocycles. The van der Waals surface area contributed by atoms with Gasteiger partial charge in [0.25, 0.3) is 5.69 Å². The van der Waals surface area contributed by atoms with Crippen LogP contribution in [-0.4, -0.2) is 14.5 Å². The van der Waals surface area contributed by atoms with Gasteiger partial charge in [-0.2, -0.15) is 0 Å². The van der Waals surface area contributed by atoms with Crippen molar-refractivity contribution >= 4 is 28.2 Å². The average Bonchev–Trinajstić information content (AvgIpc) is 2.46. The first-order chi connectivity index (χ1) is 6.61. The molecule has 72 valence electrons. The van der Waals surface area contributed by atoms with E-state index in [9.17, 15) is 10.1 Å². The SMILES string of the molecule is Cn1cc([N+](=O)[O-])c2c(Cl)nccc21. The number of hydrogen-bond donors (Lipinski definition) is 0. The van der Waals surface area contributed by atoms with Gasteiger partial charge in [0, 0.05) is 13.2 Å². The van der Waals surface area contributed by atoms with Crippen LogP contribution in [0.1, 0.15) is 0 Å². The molecule has 0 aliphatic carbocycles. The van der Waals surface area contributed by atoms with Gasteiger partial charge in [-0.05, 0) is 6.07 Å². The predicted octanol–water partition coefficient (Wildman–Crippen LogP) is 2.13. The largest absolute Gasteiger partial charge is 0.344 e. The van der Waals surface area contributed by atoms with Crippen LogP contribution in [0.2, 0.25) is 5.15 Å². The topological polar surface area (TPSA) is 61.0 Å².